The number of halogens is 2. The zero-order valence-corrected chi connectivity index (χ0v) is 12.3. The van der Waals surface area contributed by atoms with Crippen molar-refractivity contribution in [1.82, 2.24) is 0 Å². The molecule has 104 valence electrons. The molecule has 0 amide bonds. The second-order valence-corrected chi connectivity index (χ2v) is 6.93. The summed E-state index contributed by atoms with van der Waals surface area (Å²) >= 11 is 12.2. The Kier molecular flexibility index (Phi) is 3.55. The lowest BCUT2D eigenvalue weighted by molar-refractivity contribution is -0.0129. The van der Waals surface area contributed by atoms with Gasteiger partial charge in [-0.05, 0) is 48.8 Å². The molecule has 0 saturated heterocycles. The maximum absolute atomic E-state index is 10.9. The number of benzene rings is 1. The number of hydrogen-bond donors (Lipinski definition) is 2. The van der Waals surface area contributed by atoms with Crippen LogP contribution in [0.15, 0.2) is 18.2 Å². The highest BCUT2D eigenvalue weighted by atomic mass is 35.5. The van der Waals surface area contributed by atoms with Crippen molar-refractivity contribution in [3.63, 3.8) is 0 Å². The third-order valence-corrected chi connectivity index (χ3v) is 5.77. The third-order valence-electron chi connectivity index (χ3n) is 5.20. The van der Waals surface area contributed by atoms with E-state index < -0.39 is 6.10 Å². The van der Waals surface area contributed by atoms with Gasteiger partial charge in [0.15, 0.2) is 0 Å². The molecule has 4 heteroatoms. The van der Waals surface area contributed by atoms with Crippen LogP contribution < -0.4 is 5.73 Å². The van der Waals surface area contributed by atoms with Crippen LogP contribution in [-0.4, -0.2) is 11.7 Å². The summed E-state index contributed by atoms with van der Waals surface area (Å²) in [5, 5.41) is 12.0. The highest BCUT2D eigenvalue weighted by Gasteiger charge is 2.54. The van der Waals surface area contributed by atoms with Gasteiger partial charge in [-0.15, -0.1) is 0 Å². The van der Waals surface area contributed by atoms with E-state index in [1.807, 2.05) is 6.07 Å². The van der Waals surface area contributed by atoms with Crippen LogP contribution in [0.25, 0.3) is 0 Å². The Morgan fingerprint density at radius 2 is 2.16 bits per heavy atom. The van der Waals surface area contributed by atoms with Crippen LogP contribution in [-0.2, 0) is 0 Å². The average molecular weight is 300 g/mol. The molecule has 1 aromatic rings. The van der Waals surface area contributed by atoms with Gasteiger partial charge >= 0.3 is 0 Å². The van der Waals surface area contributed by atoms with Crippen LogP contribution in [0, 0.1) is 17.3 Å². The van der Waals surface area contributed by atoms with Crippen LogP contribution in [0.2, 0.25) is 10.0 Å². The third kappa shape index (κ3) is 2.09. The minimum Gasteiger partial charge on any atom is -0.388 e. The van der Waals surface area contributed by atoms with Gasteiger partial charge in [0.2, 0.25) is 0 Å². The Morgan fingerprint density at radius 1 is 1.37 bits per heavy atom. The van der Waals surface area contributed by atoms with Gasteiger partial charge < -0.3 is 10.8 Å². The summed E-state index contributed by atoms with van der Waals surface area (Å²) in [5.41, 5.74) is 6.62. The molecule has 2 aliphatic carbocycles. The molecule has 3 rings (SSSR count). The van der Waals surface area contributed by atoms with Crippen molar-refractivity contribution >= 4 is 23.2 Å². The van der Waals surface area contributed by atoms with Crippen molar-refractivity contribution < 1.29 is 5.11 Å². The highest BCUT2D eigenvalue weighted by molar-refractivity contribution is 6.35. The molecule has 1 aromatic carbocycles. The Hall–Kier alpha value is -0.280. The zero-order valence-electron chi connectivity index (χ0n) is 10.8. The van der Waals surface area contributed by atoms with Gasteiger partial charge in [0.25, 0.3) is 0 Å². The van der Waals surface area contributed by atoms with Gasteiger partial charge in [0.1, 0.15) is 0 Å². The van der Waals surface area contributed by atoms with E-state index in [1.54, 1.807) is 12.1 Å². The lowest BCUT2D eigenvalue weighted by Gasteiger charge is -2.41. The van der Waals surface area contributed by atoms with Crippen LogP contribution in [0.3, 0.4) is 0 Å². The topological polar surface area (TPSA) is 46.2 Å². The van der Waals surface area contributed by atoms with Crippen molar-refractivity contribution in [3.05, 3.63) is 33.8 Å². The smallest absolute Gasteiger partial charge is 0.0875 e. The lowest BCUT2D eigenvalue weighted by atomic mass is 9.67. The molecule has 4 unspecified atom stereocenters. The fourth-order valence-corrected chi connectivity index (χ4v) is 4.73. The largest absolute Gasteiger partial charge is 0.388 e. The van der Waals surface area contributed by atoms with Gasteiger partial charge in [-0.3, -0.25) is 0 Å². The number of fused-ring (bicyclic) bond motifs is 2. The fourth-order valence-electron chi connectivity index (χ4n) is 4.22. The monoisotopic (exact) mass is 299 g/mol. The summed E-state index contributed by atoms with van der Waals surface area (Å²) in [6.45, 7) is 0.522. The predicted molar refractivity (Wildman–Crippen MR) is 78.4 cm³/mol. The second kappa shape index (κ2) is 4.92. The van der Waals surface area contributed by atoms with E-state index >= 15 is 0 Å². The fraction of sp³-hybridized carbons (Fsp3) is 0.600. The number of aliphatic hydroxyl groups excluding tert-OH is 1. The molecule has 0 spiro atoms. The quantitative estimate of drug-likeness (QED) is 0.892. The number of rotatable bonds is 3. The molecular weight excluding hydrogens is 281 g/mol. The van der Waals surface area contributed by atoms with E-state index in [1.165, 1.54) is 19.3 Å². The summed E-state index contributed by atoms with van der Waals surface area (Å²) in [6.07, 6.45) is 4.11. The molecule has 0 radical (unpaired) electrons. The number of nitrogens with two attached hydrogens (primary N) is 1. The predicted octanol–water partition coefficient (Wildman–Crippen LogP) is 3.79. The molecular formula is C15H19Cl2NO. The van der Waals surface area contributed by atoms with E-state index in [2.05, 4.69) is 0 Å². The van der Waals surface area contributed by atoms with E-state index in [0.29, 0.717) is 22.5 Å². The summed E-state index contributed by atoms with van der Waals surface area (Å²) in [6, 6.07) is 5.31. The summed E-state index contributed by atoms with van der Waals surface area (Å²) in [7, 11) is 0. The molecule has 0 heterocycles. The maximum Gasteiger partial charge on any atom is 0.0875 e. The number of hydrogen-bond acceptors (Lipinski definition) is 2. The van der Waals surface area contributed by atoms with Crippen molar-refractivity contribution in [3.8, 4) is 0 Å². The minimum absolute atomic E-state index is 0.194. The van der Waals surface area contributed by atoms with Crippen molar-refractivity contribution in [2.45, 2.75) is 31.8 Å². The molecule has 3 N–H and O–H groups in total. The molecule has 19 heavy (non-hydrogen) atoms. The van der Waals surface area contributed by atoms with Crippen molar-refractivity contribution in [2.75, 3.05) is 6.54 Å². The highest BCUT2D eigenvalue weighted by Crippen LogP contribution is 2.60. The maximum atomic E-state index is 10.9. The molecule has 2 aliphatic rings. The van der Waals surface area contributed by atoms with Crippen LogP contribution >= 0.6 is 23.2 Å². The Morgan fingerprint density at radius 3 is 2.68 bits per heavy atom. The number of aliphatic hydroxyl groups is 1. The van der Waals surface area contributed by atoms with Gasteiger partial charge in [-0.25, -0.2) is 0 Å². The first-order chi connectivity index (χ1) is 9.06. The first-order valence-electron chi connectivity index (χ1n) is 6.90. The van der Waals surface area contributed by atoms with Crippen molar-refractivity contribution in [1.29, 1.82) is 0 Å². The minimum atomic E-state index is -0.586. The Bertz CT molecular complexity index is 493. The van der Waals surface area contributed by atoms with Gasteiger partial charge in [-0.1, -0.05) is 35.7 Å². The second-order valence-electron chi connectivity index (χ2n) is 6.09. The van der Waals surface area contributed by atoms with Gasteiger partial charge in [0.05, 0.1) is 6.10 Å². The molecule has 2 bridgehead atoms. The summed E-state index contributed by atoms with van der Waals surface area (Å²) in [5.74, 6) is 1.26. The van der Waals surface area contributed by atoms with E-state index in [4.69, 9.17) is 28.9 Å². The van der Waals surface area contributed by atoms with Crippen LogP contribution in [0.4, 0.5) is 0 Å². The SMILES string of the molecule is NCC1(C(O)c2ccc(Cl)cc2Cl)CC2CCC1C2. The van der Waals surface area contributed by atoms with Crippen LogP contribution in [0.5, 0.6) is 0 Å². The van der Waals surface area contributed by atoms with Gasteiger partial charge in [-0.2, -0.15) is 0 Å². The average Bonchev–Trinajstić information content (AvgIpc) is 2.98. The molecule has 4 atom stereocenters. The Balaban J connectivity index is 1.96. The van der Waals surface area contributed by atoms with E-state index in [-0.39, 0.29) is 5.41 Å². The molecule has 2 fully saturated rings. The van der Waals surface area contributed by atoms with E-state index in [0.717, 1.165) is 17.9 Å². The molecule has 2 saturated carbocycles. The van der Waals surface area contributed by atoms with E-state index in [9.17, 15) is 5.11 Å². The first-order valence-corrected chi connectivity index (χ1v) is 7.65. The molecule has 2 nitrogen and oxygen atoms in total. The lowest BCUT2D eigenvalue weighted by Crippen LogP contribution is -2.41. The summed E-state index contributed by atoms with van der Waals surface area (Å²) < 4.78 is 0. The Labute approximate surface area is 123 Å². The van der Waals surface area contributed by atoms with Crippen molar-refractivity contribution in [2.24, 2.45) is 23.0 Å². The first kappa shape index (κ1) is 13.7. The summed E-state index contributed by atoms with van der Waals surface area (Å²) in [4.78, 5) is 0. The standard InChI is InChI=1S/C15H19Cl2NO/c16-11-3-4-12(13(17)6-11)14(19)15(8-18)7-9-1-2-10(15)5-9/h3-4,6,9-10,14,19H,1-2,5,7-8,18H2. The normalized spacial score (nSPS) is 34.7. The van der Waals surface area contributed by atoms with Crippen LogP contribution in [0.1, 0.15) is 37.4 Å². The molecule has 0 aromatic heterocycles. The zero-order chi connectivity index (χ0) is 13.6. The van der Waals surface area contributed by atoms with Gasteiger partial charge in [0, 0.05) is 22.0 Å². The molecule has 0 aliphatic heterocycles.